The van der Waals surface area contributed by atoms with Crippen molar-refractivity contribution < 1.29 is 28.8 Å². The van der Waals surface area contributed by atoms with Crippen molar-refractivity contribution in [2.75, 3.05) is 13.6 Å². The molecule has 0 spiro atoms. The van der Waals surface area contributed by atoms with Crippen LogP contribution in [0.5, 0.6) is 0 Å². The first kappa shape index (κ1) is 30.6. The highest BCUT2D eigenvalue weighted by Crippen LogP contribution is 2.32. The minimum absolute atomic E-state index is 0.0142. The Morgan fingerprint density at radius 1 is 0.974 bits per heavy atom. The Hall–Kier alpha value is -2.98. The van der Waals surface area contributed by atoms with Crippen molar-refractivity contribution in [3.05, 3.63) is 0 Å². The first-order valence-electron chi connectivity index (χ1n) is 14.3. The summed E-state index contributed by atoms with van der Waals surface area (Å²) in [6, 6.07) is -2.96. The molecule has 2 saturated carbocycles. The molecular weight excluding hydrogens is 502 g/mol. The van der Waals surface area contributed by atoms with Gasteiger partial charge in [-0.1, -0.05) is 40.0 Å². The maximum Gasteiger partial charge on any atom is 0.289 e. The molecule has 11 heteroatoms. The Morgan fingerprint density at radius 2 is 1.64 bits per heavy atom. The van der Waals surface area contributed by atoms with Crippen LogP contribution in [0.15, 0.2) is 0 Å². The van der Waals surface area contributed by atoms with E-state index in [4.69, 9.17) is 0 Å². The van der Waals surface area contributed by atoms with Crippen LogP contribution in [0, 0.1) is 17.3 Å². The van der Waals surface area contributed by atoms with Crippen LogP contribution in [0.1, 0.15) is 85.5 Å². The van der Waals surface area contributed by atoms with Gasteiger partial charge in [-0.15, -0.1) is 0 Å². The Kier molecular flexibility index (Phi) is 10.1. The fourth-order valence-electron chi connectivity index (χ4n) is 4.91. The van der Waals surface area contributed by atoms with Crippen LogP contribution in [0.2, 0.25) is 0 Å². The smallest absolute Gasteiger partial charge is 0.289 e. The third-order valence-corrected chi connectivity index (χ3v) is 7.99. The third kappa shape index (κ3) is 8.50. The molecule has 1 heterocycles. The van der Waals surface area contributed by atoms with Gasteiger partial charge in [-0.25, -0.2) is 0 Å². The molecule has 11 nitrogen and oxygen atoms in total. The number of carbonyl (C=O) groups is 6. The van der Waals surface area contributed by atoms with Crippen LogP contribution in [0.25, 0.3) is 0 Å². The molecule has 39 heavy (non-hydrogen) atoms. The molecule has 1 saturated heterocycles. The van der Waals surface area contributed by atoms with E-state index in [-0.39, 0.29) is 30.2 Å². The minimum Gasteiger partial charge on any atom is -0.356 e. The second-order valence-corrected chi connectivity index (χ2v) is 12.5. The lowest BCUT2D eigenvalue weighted by Gasteiger charge is -2.36. The van der Waals surface area contributed by atoms with Crippen LogP contribution >= 0.6 is 0 Å². The van der Waals surface area contributed by atoms with E-state index < -0.39 is 53.0 Å². The highest BCUT2D eigenvalue weighted by atomic mass is 16.2. The Bertz CT molecular complexity index is 968. The number of piperidine rings is 1. The number of Topliss-reactive ketones (excluding diaryl/α,β-unsaturated/α-hetero) is 1. The van der Waals surface area contributed by atoms with E-state index >= 15 is 0 Å². The van der Waals surface area contributed by atoms with Gasteiger partial charge in [0.15, 0.2) is 0 Å². The fourth-order valence-corrected chi connectivity index (χ4v) is 4.91. The molecule has 5 amide bonds. The first-order chi connectivity index (χ1) is 18.3. The van der Waals surface area contributed by atoms with Crippen molar-refractivity contribution in [1.82, 2.24) is 26.2 Å². The molecule has 0 aromatic heterocycles. The van der Waals surface area contributed by atoms with Gasteiger partial charge in [0.05, 0.1) is 6.04 Å². The van der Waals surface area contributed by atoms with Gasteiger partial charge >= 0.3 is 0 Å². The lowest BCUT2D eigenvalue weighted by molar-refractivity contribution is -0.145. The summed E-state index contributed by atoms with van der Waals surface area (Å²) in [4.78, 5) is 79.0. The lowest BCUT2D eigenvalue weighted by atomic mass is 9.80. The SMILES string of the molecule is C[C@@H](NC(=O)C(C)(C)C)C(=O)N(C)[C@@H](CC1CCC1)C(=O)N[C@@H](C[C@@H]1CCCNC1=O)C(=O)C(=O)NC1CC1. The largest absolute Gasteiger partial charge is 0.356 e. The predicted octanol–water partition coefficient (Wildman–Crippen LogP) is 0.803. The molecular formula is C28H45N5O6. The van der Waals surface area contributed by atoms with Crippen LogP contribution in [-0.2, 0) is 28.8 Å². The number of hydrogen-bond acceptors (Lipinski definition) is 6. The van der Waals surface area contributed by atoms with E-state index in [1.807, 2.05) is 0 Å². The molecule has 4 atom stereocenters. The van der Waals surface area contributed by atoms with Crippen LogP contribution in [-0.4, -0.2) is 78.0 Å². The van der Waals surface area contributed by atoms with Gasteiger partial charge in [-0.05, 0) is 51.4 Å². The van der Waals surface area contributed by atoms with Crippen molar-refractivity contribution in [1.29, 1.82) is 0 Å². The number of amides is 5. The van der Waals surface area contributed by atoms with Crippen molar-refractivity contribution >= 4 is 35.3 Å². The average Bonchev–Trinajstić information content (AvgIpc) is 3.66. The summed E-state index contributed by atoms with van der Waals surface area (Å²) in [5.74, 6) is -3.24. The predicted molar refractivity (Wildman–Crippen MR) is 144 cm³/mol. The number of rotatable bonds is 12. The summed E-state index contributed by atoms with van der Waals surface area (Å²) in [5, 5.41) is 10.9. The van der Waals surface area contributed by atoms with Crippen LogP contribution in [0.3, 0.4) is 0 Å². The Balaban J connectivity index is 1.76. The summed E-state index contributed by atoms with van der Waals surface area (Å²) in [6.45, 7) is 7.39. The Labute approximate surface area is 231 Å². The molecule has 0 bridgehead atoms. The number of ketones is 1. The van der Waals surface area contributed by atoms with Gasteiger partial charge in [0.2, 0.25) is 29.4 Å². The molecule has 218 valence electrons. The molecule has 2 aliphatic carbocycles. The van der Waals surface area contributed by atoms with Gasteiger partial charge in [0.1, 0.15) is 12.1 Å². The van der Waals surface area contributed by atoms with Crippen LogP contribution < -0.4 is 21.3 Å². The Morgan fingerprint density at radius 3 is 2.18 bits per heavy atom. The summed E-state index contributed by atoms with van der Waals surface area (Å²) in [5.41, 5.74) is -0.685. The topological polar surface area (TPSA) is 154 Å². The molecule has 3 rings (SSSR count). The maximum absolute atomic E-state index is 13.7. The van der Waals surface area contributed by atoms with Crippen molar-refractivity contribution in [3.8, 4) is 0 Å². The first-order valence-corrected chi connectivity index (χ1v) is 14.3. The van der Waals surface area contributed by atoms with E-state index in [1.54, 1.807) is 27.7 Å². The fraction of sp³-hybridized carbons (Fsp3) is 0.786. The molecule has 0 radical (unpaired) electrons. The van der Waals surface area contributed by atoms with Gasteiger partial charge in [-0.3, -0.25) is 28.8 Å². The second-order valence-electron chi connectivity index (χ2n) is 12.5. The van der Waals surface area contributed by atoms with E-state index in [9.17, 15) is 28.8 Å². The molecule has 1 aliphatic heterocycles. The maximum atomic E-state index is 13.7. The number of nitrogens with one attached hydrogen (secondary N) is 4. The highest BCUT2D eigenvalue weighted by molar-refractivity contribution is 6.38. The summed E-state index contributed by atoms with van der Waals surface area (Å²) < 4.78 is 0. The van der Waals surface area contributed by atoms with Crippen molar-refractivity contribution in [3.63, 3.8) is 0 Å². The van der Waals surface area contributed by atoms with Crippen LogP contribution in [0.4, 0.5) is 0 Å². The van der Waals surface area contributed by atoms with Gasteiger partial charge in [0, 0.05) is 31.0 Å². The van der Waals surface area contributed by atoms with E-state index in [0.717, 1.165) is 38.5 Å². The highest BCUT2D eigenvalue weighted by Gasteiger charge is 2.39. The molecule has 0 aromatic carbocycles. The average molecular weight is 548 g/mol. The van der Waals surface area contributed by atoms with Crippen molar-refractivity contribution in [2.45, 2.75) is 110 Å². The summed E-state index contributed by atoms with van der Waals surface area (Å²) in [6.07, 6.45) is 6.28. The van der Waals surface area contributed by atoms with Crippen molar-refractivity contribution in [2.24, 2.45) is 17.3 Å². The molecule has 4 N–H and O–H groups in total. The quantitative estimate of drug-likeness (QED) is 0.265. The van der Waals surface area contributed by atoms with Gasteiger partial charge in [-0.2, -0.15) is 0 Å². The standard InChI is InChI=1S/C28H45N5O6/c1-16(30-27(39)28(2,3)4)26(38)33(5)21(14-17-8-6-9-17)24(36)32-20(15-18-10-7-13-29-23(18)35)22(34)25(37)31-19-11-12-19/h16-21H,6-15H2,1-5H3,(H,29,35)(H,30,39)(H,31,37)(H,32,36)/t16-,18+,20+,21+/m1/s1. The molecule has 0 aromatic rings. The van der Waals surface area contributed by atoms with E-state index in [1.165, 1.54) is 11.9 Å². The summed E-state index contributed by atoms with van der Waals surface area (Å²) >= 11 is 0. The number of carbonyl (C=O) groups excluding carboxylic acids is 6. The zero-order valence-electron chi connectivity index (χ0n) is 23.9. The zero-order chi connectivity index (χ0) is 28.9. The number of nitrogens with zero attached hydrogens (tertiary/aromatic N) is 1. The van der Waals surface area contributed by atoms with Gasteiger partial charge in [0.25, 0.3) is 5.91 Å². The lowest BCUT2D eigenvalue weighted by Crippen LogP contribution is -2.58. The normalized spacial score (nSPS) is 21.9. The monoisotopic (exact) mass is 547 g/mol. The van der Waals surface area contributed by atoms with E-state index in [2.05, 4.69) is 21.3 Å². The molecule has 0 unspecified atom stereocenters. The zero-order valence-corrected chi connectivity index (χ0v) is 23.9. The number of hydrogen-bond donors (Lipinski definition) is 4. The molecule has 3 fully saturated rings. The number of likely N-dealkylation sites (N-methyl/N-ethyl adjacent to an activating group) is 1. The van der Waals surface area contributed by atoms with E-state index in [0.29, 0.717) is 19.4 Å². The van der Waals surface area contributed by atoms with Gasteiger partial charge < -0.3 is 26.2 Å². The third-order valence-electron chi connectivity index (χ3n) is 7.99. The summed E-state index contributed by atoms with van der Waals surface area (Å²) in [7, 11) is 1.52. The minimum atomic E-state index is -1.18. The molecule has 3 aliphatic rings. The second kappa shape index (κ2) is 12.9.